The van der Waals surface area contributed by atoms with Crippen molar-refractivity contribution in [3.05, 3.63) is 53.3 Å². The molecule has 0 amide bonds. The third-order valence-electron chi connectivity index (χ3n) is 4.77. The Hall–Kier alpha value is -2.33. The standard InChI is InChI=1S/C20H22N4O3S2/c1-3-29(25,26)23(2)14-16-13-17-18(28-16)20(24-9-11-27-12-10-24)22-19(21-17)15-7-5-4-6-8-15/h3-8,13H,1,9-12,14H2,2H3. The van der Waals surface area contributed by atoms with Crippen LogP contribution < -0.4 is 4.90 Å². The number of anilines is 1. The molecule has 7 nitrogen and oxygen atoms in total. The van der Waals surface area contributed by atoms with Crippen molar-refractivity contribution >= 4 is 37.4 Å². The highest BCUT2D eigenvalue weighted by molar-refractivity contribution is 7.91. The highest BCUT2D eigenvalue weighted by Gasteiger charge is 2.21. The largest absolute Gasteiger partial charge is 0.378 e. The fourth-order valence-electron chi connectivity index (χ4n) is 3.18. The number of hydrogen-bond acceptors (Lipinski definition) is 7. The highest BCUT2D eigenvalue weighted by Crippen LogP contribution is 2.35. The molecule has 0 bridgehead atoms. The van der Waals surface area contributed by atoms with Crippen molar-refractivity contribution in [2.45, 2.75) is 6.54 Å². The fourth-order valence-corrected chi connectivity index (χ4v) is 5.01. The summed E-state index contributed by atoms with van der Waals surface area (Å²) in [5.41, 5.74) is 1.77. The predicted octanol–water partition coefficient (Wildman–Crippen LogP) is 3.10. The average Bonchev–Trinajstić information content (AvgIpc) is 3.16. The number of hydrogen-bond donors (Lipinski definition) is 0. The van der Waals surface area contributed by atoms with Crippen LogP contribution in [-0.2, 0) is 21.3 Å². The van der Waals surface area contributed by atoms with E-state index in [2.05, 4.69) is 11.5 Å². The molecule has 0 N–H and O–H groups in total. The number of ether oxygens (including phenoxy) is 1. The van der Waals surface area contributed by atoms with E-state index in [9.17, 15) is 8.42 Å². The van der Waals surface area contributed by atoms with Crippen molar-refractivity contribution in [3.63, 3.8) is 0 Å². The molecule has 0 aliphatic carbocycles. The number of benzene rings is 1. The van der Waals surface area contributed by atoms with Crippen LogP contribution in [0.5, 0.6) is 0 Å². The van der Waals surface area contributed by atoms with Crippen molar-refractivity contribution in [2.24, 2.45) is 0 Å². The van der Waals surface area contributed by atoms with E-state index in [1.54, 1.807) is 7.05 Å². The van der Waals surface area contributed by atoms with Crippen LogP contribution in [-0.4, -0.2) is 56.0 Å². The first kappa shape index (κ1) is 20.0. The molecule has 152 valence electrons. The molecule has 1 aromatic carbocycles. The smallest absolute Gasteiger partial charge is 0.235 e. The van der Waals surface area contributed by atoms with Gasteiger partial charge in [-0.25, -0.2) is 18.4 Å². The Labute approximate surface area is 174 Å². The van der Waals surface area contributed by atoms with Gasteiger partial charge in [0.2, 0.25) is 10.0 Å². The second kappa shape index (κ2) is 8.19. The molecule has 0 spiro atoms. The summed E-state index contributed by atoms with van der Waals surface area (Å²) in [6.07, 6.45) is 0. The maximum absolute atomic E-state index is 12.0. The summed E-state index contributed by atoms with van der Waals surface area (Å²) in [5.74, 6) is 1.54. The zero-order valence-corrected chi connectivity index (χ0v) is 17.7. The summed E-state index contributed by atoms with van der Waals surface area (Å²) in [6, 6.07) is 11.8. The topological polar surface area (TPSA) is 75.6 Å². The van der Waals surface area contributed by atoms with E-state index in [1.165, 1.54) is 15.6 Å². The molecule has 0 radical (unpaired) electrons. The van der Waals surface area contributed by atoms with E-state index in [-0.39, 0.29) is 6.54 Å². The van der Waals surface area contributed by atoms with Crippen molar-refractivity contribution in [1.82, 2.24) is 14.3 Å². The first-order valence-corrected chi connectivity index (χ1v) is 11.6. The summed E-state index contributed by atoms with van der Waals surface area (Å²) >= 11 is 1.53. The third-order valence-corrected chi connectivity index (χ3v) is 7.30. The van der Waals surface area contributed by atoms with Gasteiger partial charge in [0, 0.05) is 42.5 Å². The Morgan fingerprint density at radius 3 is 2.66 bits per heavy atom. The van der Waals surface area contributed by atoms with E-state index in [4.69, 9.17) is 14.7 Å². The van der Waals surface area contributed by atoms with Gasteiger partial charge < -0.3 is 9.64 Å². The minimum absolute atomic E-state index is 0.263. The first-order valence-electron chi connectivity index (χ1n) is 9.25. The van der Waals surface area contributed by atoms with Crippen molar-refractivity contribution in [2.75, 3.05) is 38.3 Å². The van der Waals surface area contributed by atoms with Gasteiger partial charge in [0.1, 0.15) is 0 Å². The number of nitrogens with zero attached hydrogens (tertiary/aromatic N) is 4. The fraction of sp³-hybridized carbons (Fsp3) is 0.300. The molecule has 1 fully saturated rings. The van der Waals surface area contributed by atoms with Crippen molar-refractivity contribution in [1.29, 1.82) is 0 Å². The molecule has 1 aliphatic rings. The van der Waals surface area contributed by atoms with Crippen molar-refractivity contribution in [3.8, 4) is 11.4 Å². The zero-order chi connectivity index (χ0) is 20.4. The van der Waals surface area contributed by atoms with E-state index >= 15 is 0 Å². The normalized spacial score (nSPS) is 15.2. The summed E-state index contributed by atoms with van der Waals surface area (Å²) < 4.78 is 31.8. The van der Waals surface area contributed by atoms with Gasteiger partial charge in [0.05, 0.1) is 23.4 Å². The summed E-state index contributed by atoms with van der Waals surface area (Å²) in [5, 5.41) is 0.965. The summed E-state index contributed by atoms with van der Waals surface area (Å²) in [7, 11) is -1.93. The number of rotatable bonds is 6. The molecule has 4 rings (SSSR count). The summed E-state index contributed by atoms with van der Waals surface area (Å²) in [4.78, 5) is 12.8. The van der Waals surface area contributed by atoms with Gasteiger partial charge in [0.15, 0.2) is 11.6 Å². The highest BCUT2D eigenvalue weighted by atomic mass is 32.2. The lowest BCUT2D eigenvalue weighted by Crippen LogP contribution is -2.36. The Morgan fingerprint density at radius 2 is 1.97 bits per heavy atom. The van der Waals surface area contributed by atoms with Gasteiger partial charge in [0.25, 0.3) is 0 Å². The lowest BCUT2D eigenvalue weighted by atomic mass is 10.2. The van der Waals surface area contributed by atoms with E-state index < -0.39 is 10.0 Å². The maximum atomic E-state index is 12.0. The van der Waals surface area contributed by atoms with Crippen molar-refractivity contribution < 1.29 is 13.2 Å². The molecule has 3 heterocycles. The van der Waals surface area contributed by atoms with Crippen LogP contribution in [0.2, 0.25) is 0 Å². The molecule has 0 atom stereocenters. The molecule has 2 aromatic heterocycles. The zero-order valence-electron chi connectivity index (χ0n) is 16.1. The van der Waals surface area contributed by atoms with Gasteiger partial charge in [-0.05, 0) is 6.07 Å². The minimum Gasteiger partial charge on any atom is -0.378 e. The molecule has 1 saturated heterocycles. The maximum Gasteiger partial charge on any atom is 0.235 e. The molecular weight excluding hydrogens is 408 g/mol. The Bertz CT molecular complexity index is 1120. The number of thiophene rings is 1. The van der Waals surface area contributed by atoms with Crippen LogP contribution >= 0.6 is 11.3 Å². The molecular formula is C20H22N4O3S2. The van der Waals surface area contributed by atoms with Crippen LogP contribution in [0.25, 0.3) is 21.6 Å². The monoisotopic (exact) mass is 430 g/mol. The third kappa shape index (κ3) is 4.18. The molecule has 29 heavy (non-hydrogen) atoms. The van der Waals surface area contributed by atoms with Crippen LogP contribution in [0.1, 0.15) is 4.88 Å². The molecule has 0 saturated carbocycles. The number of morpholine rings is 1. The van der Waals surface area contributed by atoms with Crippen LogP contribution in [0.3, 0.4) is 0 Å². The van der Waals surface area contributed by atoms with Crippen LogP contribution in [0.4, 0.5) is 5.82 Å². The van der Waals surface area contributed by atoms with Crippen LogP contribution in [0.15, 0.2) is 48.4 Å². The Kier molecular flexibility index (Phi) is 5.64. The lowest BCUT2D eigenvalue weighted by molar-refractivity contribution is 0.122. The first-order chi connectivity index (χ1) is 14.0. The molecule has 3 aromatic rings. The Balaban J connectivity index is 1.79. The van der Waals surface area contributed by atoms with E-state index in [0.29, 0.717) is 19.0 Å². The SMILES string of the molecule is C=CS(=O)(=O)N(C)Cc1cc2nc(-c3ccccc3)nc(N3CCOCC3)c2s1. The number of aromatic nitrogens is 2. The van der Waals surface area contributed by atoms with Gasteiger partial charge in [-0.2, -0.15) is 4.31 Å². The average molecular weight is 431 g/mol. The van der Waals surface area contributed by atoms with Gasteiger partial charge in [-0.15, -0.1) is 11.3 Å². The second-order valence-electron chi connectivity index (χ2n) is 6.73. The van der Waals surface area contributed by atoms with Gasteiger partial charge in [-0.1, -0.05) is 36.9 Å². The molecule has 1 aliphatic heterocycles. The molecule has 0 unspecified atom stereocenters. The quantitative estimate of drug-likeness (QED) is 0.598. The number of sulfonamides is 1. The minimum atomic E-state index is -3.47. The molecule has 9 heteroatoms. The van der Waals surface area contributed by atoms with Gasteiger partial charge in [-0.3, -0.25) is 0 Å². The predicted molar refractivity (Wildman–Crippen MR) is 116 cm³/mol. The number of fused-ring (bicyclic) bond motifs is 1. The summed E-state index contributed by atoms with van der Waals surface area (Å²) in [6.45, 7) is 6.49. The van der Waals surface area contributed by atoms with Gasteiger partial charge >= 0.3 is 0 Å². The van der Waals surface area contributed by atoms with Crippen LogP contribution in [0, 0.1) is 0 Å². The Morgan fingerprint density at radius 1 is 1.24 bits per heavy atom. The van der Waals surface area contributed by atoms with E-state index in [1.807, 2.05) is 36.4 Å². The lowest BCUT2D eigenvalue weighted by Gasteiger charge is -2.28. The van der Waals surface area contributed by atoms with E-state index in [0.717, 1.165) is 45.0 Å². The second-order valence-corrected chi connectivity index (χ2v) is 9.85.